The van der Waals surface area contributed by atoms with E-state index in [9.17, 15) is 9.59 Å². The Labute approximate surface area is 74.1 Å². The Morgan fingerprint density at radius 3 is 2.85 bits per heavy atom. The van der Waals surface area contributed by atoms with Crippen molar-refractivity contribution in [2.45, 2.75) is 6.92 Å². The molecule has 13 heavy (non-hydrogen) atoms. The number of hydrogen-bond donors (Lipinski definition) is 2. The Morgan fingerprint density at radius 2 is 2.38 bits per heavy atom. The lowest BCUT2D eigenvalue weighted by atomic mass is 10.2. The number of primary amides is 1. The molecule has 0 aliphatic carbocycles. The second-order valence-corrected chi connectivity index (χ2v) is 2.44. The number of aryl methyl sites for hydroxylation is 1. The minimum absolute atomic E-state index is 0.191. The summed E-state index contributed by atoms with van der Waals surface area (Å²) < 4.78 is 4.67. The van der Waals surface area contributed by atoms with Crippen molar-refractivity contribution in [3.05, 3.63) is 17.5 Å². The molecule has 0 saturated carbocycles. The molecule has 0 fully saturated rings. The monoisotopic (exact) mass is 183 g/mol. The Hall–Kier alpha value is -1.85. The molecule has 1 heterocycles. The summed E-state index contributed by atoms with van der Waals surface area (Å²) in [5.41, 5.74) is 5.15. The molecule has 2 amide bonds. The molecule has 1 aromatic heterocycles. The van der Waals surface area contributed by atoms with Gasteiger partial charge in [-0.05, 0) is 6.92 Å². The smallest absolute Gasteiger partial charge is 0.256 e. The van der Waals surface area contributed by atoms with Crippen molar-refractivity contribution in [2.24, 2.45) is 5.73 Å². The van der Waals surface area contributed by atoms with E-state index in [0.717, 1.165) is 0 Å². The number of nitrogens with one attached hydrogen (secondary N) is 1. The number of rotatable bonds is 3. The summed E-state index contributed by atoms with van der Waals surface area (Å²) in [7, 11) is 0. The van der Waals surface area contributed by atoms with E-state index in [1.165, 1.54) is 6.20 Å². The molecule has 0 aliphatic rings. The lowest BCUT2D eigenvalue weighted by molar-refractivity contribution is -0.117. The predicted molar refractivity (Wildman–Crippen MR) is 42.8 cm³/mol. The Kier molecular flexibility index (Phi) is 2.63. The third kappa shape index (κ3) is 2.29. The molecule has 0 radical (unpaired) electrons. The molecule has 0 aliphatic heterocycles. The Bertz CT molecular complexity index is 331. The zero-order valence-electron chi connectivity index (χ0n) is 7.03. The molecular formula is C7H9N3O3. The molecule has 0 spiro atoms. The molecule has 0 atom stereocenters. The Balaban J connectivity index is 2.59. The number of nitrogens with zero attached hydrogens (tertiary/aromatic N) is 1. The van der Waals surface area contributed by atoms with Crippen LogP contribution in [0.1, 0.15) is 16.1 Å². The minimum Gasteiger partial charge on any atom is -0.368 e. The third-order valence-corrected chi connectivity index (χ3v) is 1.42. The first-order chi connectivity index (χ1) is 6.11. The van der Waals surface area contributed by atoms with Crippen LogP contribution in [0.3, 0.4) is 0 Å². The van der Waals surface area contributed by atoms with E-state index in [0.29, 0.717) is 11.3 Å². The number of aromatic nitrogens is 1. The van der Waals surface area contributed by atoms with Crippen LogP contribution < -0.4 is 11.1 Å². The normalized spacial score (nSPS) is 9.62. The van der Waals surface area contributed by atoms with Crippen LogP contribution in [0.25, 0.3) is 0 Å². The molecule has 0 aromatic carbocycles. The Morgan fingerprint density at radius 1 is 1.69 bits per heavy atom. The second-order valence-electron chi connectivity index (χ2n) is 2.44. The van der Waals surface area contributed by atoms with E-state index in [2.05, 4.69) is 15.0 Å². The van der Waals surface area contributed by atoms with Gasteiger partial charge in [-0.2, -0.15) is 0 Å². The molecule has 3 N–H and O–H groups in total. The fourth-order valence-corrected chi connectivity index (χ4v) is 0.779. The van der Waals surface area contributed by atoms with Crippen molar-refractivity contribution >= 4 is 11.8 Å². The van der Waals surface area contributed by atoms with Crippen molar-refractivity contribution in [2.75, 3.05) is 6.54 Å². The average molecular weight is 183 g/mol. The number of carbonyl (C=O) groups is 2. The zero-order valence-corrected chi connectivity index (χ0v) is 7.03. The largest absolute Gasteiger partial charge is 0.368 e. The summed E-state index contributed by atoms with van der Waals surface area (Å²) >= 11 is 0. The summed E-state index contributed by atoms with van der Waals surface area (Å²) in [6, 6.07) is 0. The van der Waals surface area contributed by atoms with Gasteiger partial charge in [-0.1, -0.05) is 5.16 Å². The van der Waals surface area contributed by atoms with Gasteiger partial charge < -0.3 is 15.6 Å². The van der Waals surface area contributed by atoms with Crippen LogP contribution >= 0.6 is 0 Å². The fraction of sp³-hybridized carbons (Fsp3) is 0.286. The maximum Gasteiger partial charge on any atom is 0.256 e. The van der Waals surface area contributed by atoms with Gasteiger partial charge in [0.15, 0.2) is 0 Å². The van der Waals surface area contributed by atoms with E-state index in [-0.39, 0.29) is 6.54 Å². The average Bonchev–Trinajstić information content (AvgIpc) is 2.47. The summed E-state index contributed by atoms with van der Waals surface area (Å²) in [5.74, 6) is -0.609. The number of nitrogens with two attached hydrogens (primary N) is 1. The van der Waals surface area contributed by atoms with Crippen LogP contribution in [0, 0.1) is 6.92 Å². The first-order valence-electron chi connectivity index (χ1n) is 3.59. The molecule has 6 nitrogen and oxygen atoms in total. The second kappa shape index (κ2) is 3.70. The maximum absolute atomic E-state index is 11.2. The molecule has 0 unspecified atom stereocenters. The molecule has 1 rings (SSSR count). The molecular weight excluding hydrogens is 174 g/mol. The van der Waals surface area contributed by atoms with Gasteiger partial charge >= 0.3 is 0 Å². The topological polar surface area (TPSA) is 98.2 Å². The highest BCUT2D eigenvalue weighted by molar-refractivity contribution is 5.96. The first-order valence-corrected chi connectivity index (χ1v) is 3.59. The first kappa shape index (κ1) is 9.24. The highest BCUT2D eigenvalue weighted by atomic mass is 16.5. The van der Waals surface area contributed by atoms with Crippen molar-refractivity contribution in [3.8, 4) is 0 Å². The molecule has 70 valence electrons. The summed E-state index contributed by atoms with van der Waals surface area (Å²) in [6.07, 6.45) is 1.28. The van der Waals surface area contributed by atoms with Crippen LogP contribution in [-0.2, 0) is 4.79 Å². The highest BCUT2D eigenvalue weighted by Crippen LogP contribution is 2.04. The SMILES string of the molecule is Cc1oncc1C(=O)NCC(N)=O. The molecule has 1 aromatic rings. The number of carbonyl (C=O) groups excluding carboxylic acids is 2. The quantitative estimate of drug-likeness (QED) is 0.640. The predicted octanol–water partition coefficient (Wildman–Crippen LogP) is -0.802. The van der Waals surface area contributed by atoms with Gasteiger partial charge in [-0.25, -0.2) is 0 Å². The van der Waals surface area contributed by atoms with Gasteiger partial charge in [0.05, 0.1) is 12.7 Å². The molecule has 6 heteroatoms. The van der Waals surface area contributed by atoms with Crippen molar-refractivity contribution < 1.29 is 14.1 Å². The standard InChI is InChI=1S/C7H9N3O3/c1-4-5(2-10-13-4)7(12)9-3-6(8)11/h2H,3H2,1H3,(H2,8,11)(H,9,12). The van der Waals surface area contributed by atoms with Crippen LogP contribution in [0.2, 0.25) is 0 Å². The minimum atomic E-state index is -0.595. The molecule has 0 saturated heterocycles. The van der Waals surface area contributed by atoms with E-state index >= 15 is 0 Å². The van der Waals surface area contributed by atoms with Crippen molar-refractivity contribution in [1.82, 2.24) is 10.5 Å². The van der Waals surface area contributed by atoms with Crippen LogP contribution in [0.4, 0.5) is 0 Å². The van der Waals surface area contributed by atoms with Gasteiger partial charge in [0.1, 0.15) is 11.3 Å². The van der Waals surface area contributed by atoms with E-state index in [4.69, 9.17) is 5.73 Å². The van der Waals surface area contributed by atoms with Crippen LogP contribution in [0.15, 0.2) is 10.7 Å². The summed E-state index contributed by atoms with van der Waals surface area (Å²) in [5, 5.41) is 5.73. The fourth-order valence-electron chi connectivity index (χ4n) is 0.779. The van der Waals surface area contributed by atoms with Crippen molar-refractivity contribution in [1.29, 1.82) is 0 Å². The zero-order chi connectivity index (χ0) is 9.84. The lowest BCUT2D eigenvalue weighted by Gasteiger charge is -1.98. The number of amides is 2. The van der Waals surface area contributed by atoms with Crippen LogP contribution in [0.5, 0.6) is 0 Å². The lowest BCUT2D eigenvalue weighted by Crippen LogP contribution is -2.33. The summed E-state index contributed by atoms with van der Waals surface area (Å²) in [4.78, 5) is 21.5. The van der Waals surface area contributed by atoms with Crippen LogP contribution in [-0.4, -0.2) is 23.5 Å². The van der Waals surface area contributed by atoms with Gasteiger partial charge in [0, 0.05) is 0 Å². The summed E-state index contributed by atoms with van der Waals surface area (Å²) in [6.45, 7) is 1.41. The van der Waals surface area contributed by atoms with Gasteiger partial charge in [0.2, 0.25) is 5.91 Å². The number of hydrogen-bond acceptors (Lipinski definition) is 4. The van der Waals surface area contributed by atoms with Crippen molar-refractivity contribution in [3.63, 3.8) is 0 Å². The van der Waals surface area contributed by atoms with E-state index < -0.39 is 11.8 Å². The van der Waals surface area contributed by atoms with E-state index in [1.807, 2.05) is 0 Å². The molecule has 0 bridgehead atoms. The van der Waals surface area contributed by atoms with Gasteiger partial charge in [0.25, 0.3) is 5.91 Å². The van der Waals surface area contributed by atoms with E-state index in [1.54, 1.807) is 6.92 Å². The van der Waals surface area contributed by atoms with Gasteiger partial charge in [-0.3, -0.25) is 9.59 Å². The van der Waals surface area contributed by atoms with Gasteiger partial charge in [-0.15, -0.1) is 0 Å². The highest BCUT2D eigenvalue weighted by Gasteiger charge is 2.12. The maximum atomic E-state index is 11.2. The third-order valence-electron chi connectivity index (χ3n) is 1.42.